The zero-order valence-corrected chi connectivity index (χ0v) is 19.0. The Morgan fingerprint density at radius 2 is 1.70 bits per heavy atom. The van der Waals surface area contributed by atoms with Crippen LogP contribution in [-0.4, -0.2) is 55.1 Å². The Morgan fingerprint density at radius 1 is 1.00 bits per heavy atom. The molecule has 1 aliphatic rings. The number of amides is 1. The average molecular weight is 471 g/mol. The molecule has 1 aliphatic heterocycles. The van der Waals surface area contributed by atoms with E-state index in [1.807, 2.05) is 42.5 Å². The van der Waals surface area contributed by atoms with Crippen LogP contribution in [-0.2, 0) is 38.3 Å². The standard InChI is InChI=1S/C23H26N4O5S/c28-21(10-11-22-25-23(26-32-22)18-6-2-1-3-7-18)24-16-19-8-4-5-9-20(19)17-33(29,30)27-12-14-31-15-13-27/h1-9H,10-17H2,(H,24,28). The number of aromatic nitrogens is 2. The molecular formula is C23H26N4O5S. The summed E-state index contributed by atoms with van der Waals surface area (Å²) in [6.45, 7) is 1.78. The number of ether oxygens (including phenoxy) is 1. The van der Waals surface area contributed by atoms with Gasteiger partial charge in [-0.1, -0.05) is 59.8 Å². The SMILES string of the molecule is O=C(CCc1nc(-c2ccccc2)no1)NCc1ccccc1CS(=O)(=O)N1CCOCC1. The van der Waals surface area contributed by atoms with E-state index < -0.39 is 10.0 Å². The molecule has 9 nitrogen and oxygen atoms in total. The normalized spacial score (nSPS) is 14.8. The van der Waals surface area contributed by atoms with E-state index in [4.69, 9.17) is 9.26 Å². The van der Waals surface area contributed by atoms with Gasteiger partial charge < -0.3 is 14.6 Å². The second kappa shape index (κ2) is 10.7. The van der Waals surface area contributed by atoms with Crippen LogP contribution in [0.5, 0.6) is 0 Å². The van der Waals surface area contributed by atoms with Crippen molar-refractivity contribution in [3.63, 3.8) is 0 Å². The minimum atomic E-state index is -3.45. The largest absolute Gasteiger partial charge is 0.379 e. The first kappa shape index (κ1) is 23.1. The summed E-state index contributed by atoms with van der Waals surface area (Å²) in [6, 6.07) is 16.7. The van der Waals surface area contributed by atoms with Gasteiger partial charge in [-0.15, -0.1) is 0 Å². The van der Waals surface area contributed by atoms with Crippen molar-refractivity contribution in [2.45, 2.75) is 25.1 Å². The summed E-state index contributed by atoms with van der Waals surface area (Å²) in [4.78, 5) is 16.7. The second-order valence-corrected chi connectivity index (χ2v) is 9.66. The van der Waals surface area contributed by atoms with Crippen molar-refractivity contribution >= 4 is 15.9 Å². The van der Waals surface area contributed by atoms with Gasteiger partial charge in [0.2, 0.25) is 27.6 Å². The number of sulfonamides is 1. The van der Waals surface area contributed by atoms with Crippen molar-refractivity contribution in [1.82, 2.24) is 19.8 Å². The minimum absolute atomic E-state index is 0.108. The topological polar surface area (TPSA) is 115 Å². The van der Waals surface area contributed by atoms with Crippen molar-refractivity contribution in [3.8, 4) is 11.4 Å². The summed E-state index contributed by atoms with van der Waals surface area (Å²) in [5.41, 5.74) is 2.29. The highest BCUT2D eigenvalue weighted by atomic mass is 32.2. The van der Waals surface area contributed by atoms with Crippen LogP contribution in [0.1, 0.15) is 23.4 Å². The van der Waals surface area contributed by atoms with Crippen LogP contribution in [0.2, 0.25) is 0 Å². The third-order valence-electron chi connectivity index (χ3n) is 5.36. The monoisotopic (exact) mass is 470 g/mol. The molecule has 33 heavy (non-hydrogen) atoms. The fourth-order valence-corrected chi connectivity index (χ4v) is 5.11. The van der Waals surface area contributed by atoms with E-state index in [0.717, 1.165) is 11.1 Å². The molecule has 1 amide bonds. The fourth-order valence-electron chi connectivity index (χ4n) is 3.55. The summed E-state index contributed by atoms with van der Waals surface area (Å²) in [7, 11) is -3.45. The van der Waals surface area contributed by atoms with E-state index in [2.05, 4.69) is 15.5 Å². The van der Waals surface area contributed by atoms with Crippen molar-refractivity contribution in [2.75, 3.05) is 26.3 Å². The van der Waals surface area contributed by atoms with Gasteiger partial charge in [0.05, 0.1) is 19.0 Å². The fraction of sp³-hybridized carbons (Fsp3) is 0.348. The van der Waals surface area contributed by atoms with Crippen molar-refractivity contribution < 1.29 is 22.5 Å². The number of rotatable bonds is 9. The van der Waals surface area contributed by atoms with Crippen LogP contribution in [0, 0.1) is 0 Å². The molecule has 1 fully saturated rings. The third-order valence-corrected chi connectivity index (χ3v) is 7.19. The zero-order chi connectivity index (χ0) is 23.1. The molecule has 0 atom stereocenters. The molecule has 0 saturated carbocycles. The number of carbonyl (C=O) groups excluding carboxylic acids is 1. The van der Waals surface area contributed by atoms with E-state index in [9.17, 15) is 13.2 Å². The third kappa shape index (κ3) is 6.25. The van der Waals surface area contributed by atoms with Gasteiger partial charge in [0.1, 0.15) is 0 Å². The Bertz CT molecular complexity index is 1170. The summed E-state index contributed by atoms with van der Waals surface area (Å²) in [5, 5.41) is 6.81. The van der Waals surface area contributed by atoms with Gasteiger partial charge in [-0.05, 0) is 11.1 Å². The molecular weight excluding hydrogens is 444 g/mol. The first-order valence-corrected chi connectivity index (χ1v) is 12.4. The van der Waals surface area contributed by atoms with Crippen LogP contribution in [0.25, 0.3) is 11.4 Å². The highest BCUT2D eigenvalue weighted by molar-refractivity contribution is 7.88. The van der Waals surface area contributed by atoms with Crippen molar-refractivity contribution in [2.24, 2.45) is 0 Å². The summed E-state index contributed by atoms with van der Waals surface area (Å²) < 4.78 is 37.5. The lowest BCUT2D eigenvalue weighted by atomic mass is 10.1. The van der Waals surface area contributed by atoms with Crippen molar-refractivity contribution in [1.29, 1.82) is 0 Å². The molecule has 1 aromatic heterocycles. The molecule has 0 aliphatic carbocycles. The molecule has 4 rings (SSSR count). The number of nitrogens with zero attached hydrogens (tertiary/aromatic N) is 3. The highest BCUT2D eigenvalue weighted by Crippen LogP contribution is 2.17. The molecule has 3 aromatic rings. The Balaban J connectivity index is 1.30. The maximum Gasteiger partial charge on any atom is 0.227 e. The first-order valence-electron chi connectivity index (χ1n) is 10.8. The van der Waals surface area contributed by atoms with E-state index in [1.54, 1.807) is 12.1 Å². The molecule has 1 N–H and O–H groups in total. The summed E-state index contributed by atoms with van der Waals surface area (Å²) in [5.74, 6) is 0.589. The Kier molecular flexibility index (Phi) is 7.48. The molecule has 174 valence electrons. The van der Waals surface area contributed by atoms with Gasteiger partial charge in [0.15, 0.2) is 0 Å². The second-order valence-electron chi connectivity index (χ2n) is 7.69. The lowest BCUT2D eigenvalue weighted by Crippen LogP contribution is -2.41. The van der Waals surface area contributed by atoms with Crippen molar-refractivity contribution in [3.05, 3.63) is 71.6 Å². The van der Waals surface area contributed by atoms with E-state index in [-0.39, 0.29) is 24.6 Å². The zero-order valence-electron chi connectivity index (χ0n) is 18.1. The van der Waals surface area contributed by atoms with E-state index in [1.165, 1.54) is 4.31 Å². The van der Waals surface area contributed by atoms with Gasteiger partial charge in [0.25, 0.3) is 0 Å². The molecule has 0 bridgehead atoms. The molecule has 2 aromatic carbocycles. The molecule has 10 heteroatoms. The van der Waals surface area contributed by atoms with Gasteiger partial charge in [-0.3, -0.25) is 4.79 Å². The minimum Gasteiger partial charge on any atom is -0.379 e. The Hall–Kier alpha value is -3.08. The number of morpholine rings is 1. The lowest BCUT2D eigenvalue weighted by molar-refractivity contribution is -0.121. The van der Waals surface area contributed by atoms with Gasteiger partial charge in [-0.2, -0.15) is 9.29 Å². The van der Waals surface area contributed by atoms with Crippen LogP contribution in [0.4, 0.5) is 0 Å². The predicted octanol–water partition coefficient (Wildman–Crippen LogP) is 2.15. The quantitative estimate of drug-likeness (QED) is 0.510. The average Bonchev–Trinajstić information content (AvgIpc) is 3.32. The highest BCUT2D eigenvalue weighted by Gasteiger charge is 2.25. The Morgan fingerprint density at radius 3 is 2.45 bits per heavy atom. The molecule has 0 spiro atoms. The lowest BCUT2D eigenvalue weighted by Gasteiger charge is -2.26. The Labute approximate surface area is 192 Å². The van der Waals surface area contributed by atoms with Crippen LogP contribution >= 0.6 is 0 Å². The van der Waals surface area contributed by atoms with E-state index in [0.29, 0.717) is 50.0 Å². The molecule has 1 saturated heterocycles. The van der Waals surface area contributed by atoms with Gasteiger partial charge >= 0.3 is 0 Å². The number of aryl methyl sites for hydroxylation is 1. The van der Waals surface area contributed by atoms with Gasteiger partial charge in [-0.25, -0.2) is 8.42 Å². The maximum atomic E-state index is 12.8. The summed E-state index contributed by atoms with van der Waals surface area (Å²) in [6.07, 6.45) is 0.503. The summed E-state index contributed by atoms with van der Waals surface area (Å²) >= 11 is 0. The number of hydrogen-bond donors (Lipinski definition) is 1. The number of carbonyl (C=O) groups is 1. The number of benzene rings is 2. The van der Waals surface area contributed by atoms with Crippen LogP contribution < -0.4 is 5.32 Å². The number of nitrogens with one attached hydrogen (secondary N) is 1. The number of hydrogen-bond acceptors (Lipinski definition) is 7. The maximum absolute atomic E-state index is 12.8. The first-order chi connectivity index (χ1) is 16.0. The predicted molar refractivity (Wildman–Crippen MR) is 121 cm³/mol. The molecule has 2 heterocycles. The molecule has 0 radical (unpaired) electrons. The smallest absolute Gasteiger partial charge is 0.227 e. The van der Waals surface area contributed by atoms with Gasteiger partial charge in [0, 0.05) is 38.0 Å². The molecule has 0 unspecified atom stereocenters. The van der Waals surface area contributed by atoms with E-state index >= 15 is 0 Å². The van der Waals surface area contributed by atoms with Crippen LogP contribution in [0.15, 0.2) is 59.1 Å². The van der Waals surface area contributed by atoms with Crippen LogP contribution in [0.3, 0.4) is 0 Å².